The summed E-state index contributed by atoms with van der Waals surface area (Å²) in [4.78, 5) is 23.2. The maximum atomic E-state index is 12.1. The van der Waals surface area contributed by atoms with Crippen molar-refractivity contribution in [2.45, 2.75) is 161 Å². The van der Waals surface area contributed by atoms with Gasteiger partial charge in [-0.15, -0.1) is 0 Å². The second kappa shape index (κ2) is 24.0. The van der Waals surface area contributed by atoms with Gasteiger partial charge in [0, 0.05) is 6.42 Å². The molecule has 37 heavy (non-hydrogen) atoms. The highest BCUT2D eigenvalue weighted by Crippen LogP contribution is 2.18. The van der Waals surface area contributed by atoms with Gasteiger partial charge in [0.2, 0.25) is 0 Å². The molecule has 0 amide bonds. The van der Waals surface area contributed by atoms with Crippen LogP contribution >= 0.6 is 0 Å². The number of carboxylic acid groups (broad SMARTS) is 1. The minimum atomic E-state index is -0.921. The molecular formula is C32H64NO4+. The van der Waals surface area contributed by atoms with E-state index in [4.69, 9.17) is 9.84 Å². The molecule has 5 nitrogen and oxygen atoms in total. The summed E-state index contributed by atoms with van der Waals surface area (Å²) in [5.74, 6) is -0.250. The normalized spacial score (nSPS) is 13.4. The standard InChI is InChI=1S/C32H63NO4/c1-6-7-21-24-29(2)25-22-19-17-15-13-11-9-8-10-12-14-16-18-20-23-26-32(36)37-30(27-31(34)35)28-33(3,4)5/h29-30H,6-28H2,1-5H3/p+1. The maximum absolute atomic E-state index is 12.1. The molecule has 220 valence electrons. The van der Waals surface area contributed by atoms with E-state index in [2.05, 4.69) is 13.8 Å². The Morgan fingerprint density at radius 2 is 1.08 bits per heavy atom. The van der Waals surface area contributed by atoms with Gasteiger partial charge in [-0.1, -0.05) is 136 Å². The molecule has 0 rings (SSSR count). The van der Waals surface area contributed by atoms with Crippen molar-refractivity contribution in [3.05, 3.63) is 0 Å². The number of likely N-dealkylation sites (N-methyl/N-ethyl adjacent to an activating group) is 1. The summed E-state index contributed by atoms with van der Waals surface area (Å²) in [6.45, 7) is 5.23. The molecule has 0 aromatic carbocycles. The third-order valence-corrected chi connectivity index (χ3v) is 7.33. The van der Waals surface area contributed by atoms with E-state index in [1.165, 1.54) is 116 Å². The van der Waals surface area contributed by atoms with E-state index < -0.39 is 12.1 Å². The smallest absolute Gasteiger partial charge is 0.307 e. The zero-order valence-corrected chi connectivity index (χ0v) is 25.5. The lowest BCUT2D eigenvalue weighted by molar-refractivity contribution is -0.873. The molecule has 0 aromatic heterocycles. The fourth-order valence-corrected chi connectivity index (χ4v) is 5.14. The van der Waals surface area contributed by atoms with Crippen LogP contribution in [0, 0.1) is 5.92 Å². The summed E-state index contributed by atoms with van der Waals surface area (Å²) in [6.07, 6.45) is 26.4. The van der Waals surface area contributed by atoms with Crippen molar-refractivity contribution >= 4 is 11.9 Å². The van der Waals surface area contributed by atoms with Gasteiger partial charge in [0.1, 0.15) is 6.54 Å². The van der Waals surface area contributed by atoms with Crippen molar-refractivity contribution < 1.29 is 23.9 Å². The summed E-state index contributed by atoms with van der Waals surface area (Å²) in [5.41, 5.74) is 0. The Morgan fingerprint density at radius 3 is 1.49 bits per heavy atom. The first-order valence-corrected chi connectivity index (χ1v) is 15.9. The number of carboxylic acids is 1. The Hall–Kier alpha value is -1.10. The molecule has 0 spiro atoms. The van der Waals surface area contributed by atoms with E-state index in [1.807, 2.05) is 21.1 Å². The average Bonchev–Trinajstić information content (AvgIpc) is 2.79. The molecule has 0 fully saturated rings. The molecule has 2 atom stereocenters. The van der Waals surface area contributed by atoms with Gasteiger partial charge >= 0.3 is 11.9 Å². The largest absolute Gasteiger partial charge is 0.481 e. The number of nitrogens with zero attached hydrogens (tertiary/aromatic N) is 1. The van der Waals surface area contributed by atoms with Crippen molar-refractivity contribution in [2.75, 3.05) is 27.7 Å². The van der Waals surface area contributed by atoms with Gasteiger partial charge in [-0.25, -0.2) is 0 Å². The number of quaternary nitrogens is 1. The zero-order chi connectivity index (χ0) is 27.8. The van der Waals surface area contributed by atoms with E-state index in [9.17, 15) is 9.59 Å². The van der Waals surface area contributed by atoms with Crippen LogP contribution in [0.15, 0.2) is 0 Å². The molecule has 0 bridgehead atoms. The van der Waals surface area contributed by atoms with E-state index >= 15 is 0 Å². The monoisotopic (exact) mass is 526 g/mol. The average molecular weight is 527 g/mol. The highest BCUT2D eigenvalue weighted by Gasteiger charge is 2.24. The van der Waals surface area contributed by atoms with Gasteiger partial charge in [-0.2, -0.15) is 0 Å². The lowest BCUT2D eigenvalue weighted by Gasteiger charge is -2.28. The van der Waals surface area contributed by atoms with Crippen molar-refractivity contribution in [2.24, 2.45) is 5.92 Å². The molecule has 2 unspecified atom stereocenters. The second-order valence-electron chi connectivity index (χ2n) is 12.6. The molecule has 5 heteroatoms. The lowest BCUT2D eigenvalue weighted by Crippen LogP contribution is -2.43. The Morgan fingerprint density at radius 1 is 0.676 bits per heavy atom. The Balaban J connectivity index is 3.45. The number of ether oxygens (including phenoxy) is 1. The van der Waals surface area contributed by atoms with Crippen LogP contribution in [0.25, 0.3) is 0 Å². The summed E-state index contributed by atoms with van der Waals surface area (Å²) >= 11 is 0. The SMILES string of the molecule is CCCCCC(C)CCCCCCCCCCCCCCCCCC(=O)OC(CC(=O)O)C[N+](C)(C)C. The van der Waals surface area contributed by atoms with Gasteiger partial charge in [0.05, 0.1) is 27.6 Å². The van der Waals surface area contributed by atoms with Gasteiger partial charge in [-0.05, 0) is 12.3 Å². The summed E-state index contributed by atoms with van der Waals surface area (Å²) in [5, 5.41) is 9.06. The zero-order valence-electron chi connectivity index (χ0n) is 25.5. The third-order valence-electron chi connectivity index (χ3n) is 7.33. The maximum Gasteiger partial charge on any atom is 0.307 e. The topological polar surface area (TPSA) is 63.6 Å². The summed E-state index contributed by atoms with van der Waals surface area (Å²) < 4.78 is 6.02. The molecule has 0 saturated heterocycles. The van der Waals surface area contributed by atoms with Crippen LogP contribution in [-0.2, 0) is 14.3 Å². The van der Waals surface area contributed by atoms with Crippen LogP contribution in [0.1, 0.15) is 155 Å². The summed E-state index contributed by atoms with van der Waals surface area (Å²) in [7, 11) is 5.92. The van der Waals surface area contributed by atoms with Crippen LogP contribution in [0.5, 0.6) is 0 Å². The van der Waals surface area contributed by atoms with Gasteiger partial charge in [0.25, 0.3) is 0 Å². The van der Waals surface area contributed by atoms with E-state index in [-0.39, 0.29) is 12.4 Å². The number of hydrogen-bond acceptors (Lipinski definition) is 3. The lowest BCUT2D eigenvalue weighted by atomic mass is 9.96. The quantitative estimate of drug-likeness (QED) is 0.0659. The number of esters is 1. The minimum Gasteiger partial charge on any atom is -0.481 e. The van der Waals surface area contributed by atoms with Crippen molar-refractivity contribution in [1.82, 2.24) is 0 Å². The number of unbranched alkanes of at least 4 members (excludes halogenated alkanes) is 16. The Labute approximate surface area is 230 Å². The first kappa shape index (κ1) is 35.9. The van der Waals surface area contributed by atoms with Crippen LogP contribution in [0.4, 0.5) is 0 Å². The highest BCUT2D eigenvalue weighted by molar-refractivity contribution is 5.71. The molecule has 0 aliphatic carbocycles. The molecular weight excluding hydrogens is 462 g/mol. The van der Waals surface area contributed by atoms with Crippen LogP contribution in [0.3, 0.4) is 0 Å². The van der Waals surface area contributed by atoms with E-state index in [0.29, 0.717) is 17.4 Å². The molecule has 1 N–H and O–H groups in total. The summed E-state index contributed by atoms with van der Waals surface area (Å²) in [6, 6.07) is 0. The fourth-order valence-electron chi connectivity index (χ4n) is 5.14. The van der Waals surface area contributed by atoms with Crippen molar-refractivity contribution in [3.8, 4) is 0 Å². The number of carbonyl (C=O) groups excluding carboxylic acids is 1. The third kappa shape index (κ3) is 27.7. The Bertz CT molecular complexity index is 543. The number of hydrogen-bond donors (Lipinski definition) is 1. The van der Waals surface area contributed by atoms with E-state index in [1.54, 1.807) is 0 Å². The van der Waals surface area contributed by atoms with Crippen molar-refractivity contribution in [1.29, 1.82) is 0 Å². The molecule has 0 aliphatic rings. The molecule has 0 radical (unpaired) electrons. The first-order chi connectivity index (χ1) is 17.6. The van der Waals surface area contributed by atoms with Crippen LogP contribution < -0.4 is 0 Å². The van der Waals surface area contributed by atoms with Crippen molar-refractivity contribution in [3.63, 3.8) is 0 Å². The first-order valence-electron chi connectivity index (χ1n) is 15.9. The number of aliphatic carboxylic acids is 1. The molecule has 0 aromatic rings. The molecule has 0 aliphatic heterocycles. The highest BCUT2D eigenvalue weighted by atomic mass is 16.5. The number of carbonyl (C=O) groups is 2. The van der Waals surface area contributed by atoms with Gasteiger partial charge < -0.3 is 14.3 Å². The predicted molar refractivity (Wildman–Crippen MR) is 157 cm³/mol. The van der Waals surface area contributed by atoms with Gasteiger partial charge in [0.15, 0.2) is 6.10 Å². The van der Waals surface area contributed by atoms with E-state index in [0.717, 1.165) is 18.8 Å². The fraction of sp³-hybridized carbons (Fsp3) is 0.938. The second-order valence-corrected chi connectivity index (χ2v) is 12.6. The van der Waals surface area contributed by atoms with Crippen LogP contribution in [-0.4, -0.2) is 55.3 Å². The minimum absolute atomic E-state index is 0.125. The number of rotatable bonds is 27. The molecule has 0 heterocycles. The Kier molecular flexibility index (Phi) is 23.3. The van der Waals surface area contributed by atoms with Gasteiger partial charge in [-0.3, -0.25) is 9.59 Å². The predicted octanol–water partition coefficient (Wildman–Crippen LogP) is 8.93. The van der Waals surface area contributed by atoms with Crippen LogP contribution in [0.2, 0.25) is 0 Å². The molecule has 0 saturated carbocycles.